The van der Waals surface area contributed by atoms with Gasteiger partial charge in [0.15, 0.2) is 0 Å². The van der Waals surface area contributed by atoms with Gasteiger partial charge in [0, 0.05) is 31.0 Å². The smallest absolute Gasteiger partial charge is 0.226 e. The Labute approximate surface area is 163 Å². The van der Waals surface area contributed by atoms with E-state index < -0.39 is 0 Å². The molecule has 0 N–H and O–H groups in total. The van der Waals surface area contributed by atoms with Crippen LogP contribution in [-0.4, -0.2) is 34.0 Å². The average Bonchev–Trinajstić information content (AvgIpc) is 3.08. The van der Waals surface area contributed by atoms with Crippen molar-refractivity contribution < 1.29 is 9.15 Å². The molecule has 0 spiro atoms. The van der Waals surface area contributed by atoms with Crippen LogP contribution in [0.15, 0.2) is 59.3 Å². The first-order valence-corrected chi connectivity index (χ1v) is 9.11. The number of oxazole rings is 1. The molecule has 0 atom stereocenters. The standard InChI is InChI=1S/C22H22N4O2/c1-15-21(25-22(28-15)17-5-7-18(27-3)8-6-17)14-26(2)13-16-4-9-19-20(12-16)24-11-10-23-19/h4-12H,13-14H2,1-3H3. The number of hydrogen-bond donors (Lipinski definition) is 0. The first-order chi connectivity index (χ1) is 13.6. The number of aromatic nitrogens is 3. The van der Waals surface area contributed by atoms with Gasteiger partial charge in [-0.3, -0.25) is 14.9 Å². The second kappa shape index (κ2) is 7.78. The number of ether oxygens (including phenoxy) is 1. The Morgan fingerprint density at radius 2 is 1.71 bits per heavy atom. The molecular weight excluding hydrogens is 352 g/mol. The van der Waals surface area contributed by atoms with Crippen LogP contribution in [0.3, 0.4) is 0 Å². The summed E-state index contributed by atoms with van der Waals surface area (Å²) in [5.41, 5.74) is 4.88. The average molecular weight is 374 g/mol. The van der Waals surface area contributed by atoms with Crippen molar-refractivity contribution in [3.63, 3.8) is 0 Å². The lowest BCUT2D eigenvalue weighted by molar-refractivity contribution is 0.313. The highest BCUT2D eigenvalue weighted by atomic mass is 16.5. The summed E-state index contributed by atoms with van der Waals surface area (Å²) in [5, 5.41) is 0. The Morgan fingerprint density at radius 1 is 0.964 bits per heavy atom. The molecule has 0 radical (unpaired) electrons. The van der Waals surface area contributed by atoms with Crippen LogP contribution in [0.5, 0.6) is 5.75 Å². The van der Waals surface area contributed by atoms with Crippen LogP contribution in [-0.2, 0) is 13.1 Å². The van der Waals surface area contributed by atoms with E-state index in [0.29, 0.717) is 12.4 Å². The molecule has 0 aliphatic heterocycles. The fraction of sp³-hybridized carbons (Fsp3) is 0.227. The first kappa shape index (κ1) is 18.1. The van der Waals surface area contributed by atoms with Crippen LogP contribution in [0.2, 0.25) is 0 Å². The van der Waals surface area contributed by atoms with Gasteiger partial charge in [0.05, 0.1) is 23.8 Å². The van der Waals surface area contributed by atoms with Gasteiger partial charge >= 0.3 is 0 Å². The van der Waals surface area contributed by atoms with Crippen molar-refractivity contribution in [2.24, 2.45) is 0 Å². The molecule has 0 aliphatic rings. The first-order valence-electron chi connectivity index (χ1n) is 9.11. The van der Waals surface area contributed by atoms with E-state index >= 15 is 0 Å². The lowest BCUT2D eigenvalue weighted by Gasteiger charge is -2.15. The minimum atomic E-state index is 0.629. The van der Waals surface area contributed by atoms with Gasteiger partial charge in [-0.15, -0.1) is 0 Å². The van der Waals surface area contributed by atoms with Crippen molar-refractivity contribution in [1.29, 1.82) is 0 Å². The highest BCUT2D eigenvalue weighted by Gasteiger charge is 2.14. The normalized spacial score (nSPS) is 11.3. The van der Waals surface area contributed by atoms with E-state index in [-0.39, 0.29) is 0 Å². The van der Waals surface area contributed by atoms with Crippen LogP contribution < -0.4 is 4.74 Å². The van der Waals surface area contributed by atoms with Crippen LogP contribution >= 0.6 is 0 Å². The monoisotopic (exact) mass is 374 g/mol. The Bertz CT molecular complexity index is 1090. The SMILES string of the molecule is COc1ccc(-c2nc(CN(C)Cc3ccc4nccnc4c3)c(C)o2)cc1. The van der Waals surface area contributed by atoms with Gasteiger partial charge in [-0.25, -0.2) is 4.98 Å². The quantitative estimate of drug-likeness (QED) is 0.503. The largest absolute Gasteiger partial charge is 0.497 e. The second-order valence-electron chi connectivity index (χ2n) is 6.80. The molecule has 0 saturated heterocycles. The zero-order valence-electron chi connectivity index (χ0n) is 16.2. The summed E-state index contributed by atoms with van der Waals surface area (Å²) in [6, 6.07) is 13.9. The van der Waals surface area contributed by atoms with Crippen molar-refractivity contribution in [2.45, 2.75) is 20.0 Å². The lowest BCUT2D eigenvalue weighted by atomic mass is 10.2. The van der Waals surface area contributed by atoms with Gasteiger partial charge in [-0.05, 0) is 55.9 Å². The molecule has 0 amide bonds. The van der Waals surface area contributed by atoms with Gasteiger partial charge in [-0.2, -0.15) is 0 Å². The minimum absolute atomic E-state index is 0.629. The van der Waals surface area contributed by atoms with E-state index in [1.165, 1.54) is 5.56 Å². The number of aryl methyl sites for hydroxylation is 1. The topological polar surface area (TPSA) is 64.3 Å². The third-order valence-electron chi connectivity index (χ3n) is 4.64. The predicted octanol–water partition coefficient (Wildman–Crippen LogP) is 4.23. The molecule has 4 rings (SSSR count). The van der Waals surface area contributed by atoms with Crippen molar-refractivity contribution >= 4 is 11.0 Å². The summed E-state index contributed by atoms with van der Waals surface area (Å²) in [6.45, 7) is 3.44. The van der Waals surface area contributed by atoms with Crippen molar-refractivity contribution in [2.75, 3.05) is 14.2 Å². The molecule has 0 saturated carbocycles. The highest BCUT2D eigenvalue weighted by molar-refractivity contribution is 5.74. The third-order valence-corrected chi connectivity index (χ3v) is 4.64. The van der Waals surface area contributed by atoms with Crippen molar-refractivity contribution in [1.82, 2.24) is 19.9 Å². The number of methoxy groups -OCH3 is 1. The molecule has 2 heterocycles. The highest BCUT2D eigenvalue weighted by Crippen LogP contribution is 2.25. The Morgan fingerprint density at radius 3 is 2.46 bits per heavy atom. The van der Waals surface area contributed by atoms with Crippen LogP contribution in [0.4, 0.5) is 0 Å². The van der Waals surface area contributed by atoms with E-state index in [9.17, 15) is 0 Å². The van der Waals surface area contributed by atoms with Gasteiger partial charge in [0.2, 0.25) is 5.89 Å². The third kappa shape index (κ3) is 3.87. The molecular formula is C22H22N4O2. The molecule has 142 valence electrons. The Kier molecular flexibility index (Phi) is 5.04. The Balaban J connectivity index is 1.47. The van der Waals surface area contributed by atoms with E-state index in [1.807, 2.05) is 37.3 Å². The van der Waals surface area contributed by atoms with Crippen molar-refractivity contribution in [3.8, 4) is 17.2 Å². The zero-order chi connectivity index (χ0) is 19.5. The summed E-state index contributed by atoms with van der Waals surface area (Å²) in [6.07, 6.45) is 3.43. The molecule has 0 aliphatic carbocycles. The van der Waals surface area contributed by atoms with Crippen LogP contribution in [0, 0.1) is 6.92 Å². The molecule has 4 aromatic rings. The fourth-order valence-electron chi connectivity index (χ4n) is 3.16. The van der Waals surface area contributed by atoms with Gasteiger partial charge in [-0.1, -0.05) is 6.07 Å². The molecule has 0 bridgehead atoms. The van der Waals surface area contributed by atoms with Crippen LogP contribution in [0.25, 0.3) is 22.5 Å². The number of benzene rings is 2. The maximum Gasteiger partial charge on any atom is 0.226 e. The molecule has 28 heavy (non-hydrogen) atoms. The summed E-state index contributed by atoms with van der Waals surface area (Å²) < 4.78 is 11.1. The second-order valence-corrected chi connectivity index (χ2v) is 6.80. The summed E-state index contributed by atoms with van der Waals surface area (Å²) in [7, 11) is 3.72. The lowest BCUT2D eigenvalue weighted by Crippen LogP contribution is -2.18. The van der Waals surface area contributed by atoms with Gasteiger partial charge in [0.25, 0.3) is 0 Å². The number of nitrogens with zero attached hydrogens (tertiary/aromatic N) is 4. The molecule has 6 heteroatoms. The number of fused-ring (bicyclic) bond motifs is 1. The molecule has 0 unspecified atom stereocenters. The maximum atomic E-state index is 5.89. The number of hydrogen-bond acceptors (Lipinski definition) is 6. The Hall–Kier alpha value is -3.25. The van der Waals surface area contributed by atoms with Crippen LogP contribution in [0.1, 0.15) is 17.0 Å². The fourth-order valence-corrected chi connectivity index (χ4v) is 3.16. The van der Waals surface area contributed by atoms with Gasteiger partial charge < -0.3 is 9.15 Å². The maximum absolute atomic E-state index is 5.89. The molecule has 2 aromatic carbocycles. The number of rotatable bonds is 6. The van der Waals surface area contributed by atoms with E-state index in [4.69, 9.17) is 14.1 Å². The summed E-state index contributed by atoms with van der Waals surface area (Å²) in [5.74, 6) is 2.28. The van der Waals surface area contributed by atoms with Gasteiger partial charge in [0.1, 0.15) is 11.5 Å². The predicted molar refractivity (Wildman–Crippen MR) is 108 cm³/mol. The molecule has 6 nitrogen and oxygen atoms in total. The van der Waals surface area contributed by atoms with Crippen molar-refractivity contribution in [3.05, 3.63) is 71.9 Å². The van der Waals surface area contributed by atoms with E-state index in [0.717, 1.165) is 40.3 Å². The minimum Gasteiger partial charge on any atom is -0.497 e. The van der Waals surface area contributed by atoms with E-state index in [1.54, 1.807) is 19.5 Å². The zero-order valence-corrected chi connectivity index (χ0v) is 16.2. The summed E-state index contributed by atoms with van der Waals surface area (Å²) in [4.78, 5) is 15.6. The molecule has 0 fully saturated rings. The summed E-state index contributed by atoms with van der Waals surface area (Å²) >= 11 is 0. The molecule has 2 aromatic heterocycles. The van der Waals surface area contributed by atoms with E-state index in [2.05, 4.69) is 34.0 Å².